The van der Waals surface area contributed by atoms with E-state index >= 15 is 0 Å². The average molecular weight is 286 g/mol. The molecule has 5 heteroatoms. The lowest BCUT2D eigenvalue weighted by Crippen LogP contribution is -2.44. The van der Waals surface area contributed by atoms with Gasteiger partial charge in [-0.15, -0.1) is 0 Å². The fraction of sp³-hybridized carbons (Fsp3) is 0.867. The van der Waals surface area contributed by atoms with Crippen molar-refractivity contribution in [1.29, 1.82) is 0 Å². The van der Waals surface area contributed by atoms with Crippen LogP contribution in [0.2, 0.25) is 0 Å². The summed E-state index contributed by atoms with van der Waals surface area (Å²) in [6.07, 6.45) is 3.25. The molecular weight excluding hydrogens is 256 g/mol. The van der Waals surface area contributed by atoms with Crippen LogP contribution in [0.1, 0.15) is 60.3 Å². The summed E-state index contributed by atoms with van der Waals surface area (Å²) >= 11 is 0. The third-order valence-corrected chi connectivity index (χ3v) is 3.76. The predicted octanol–water partition coefficient (Wildman–Crippen LogP) is 3.00. The zero-order valence-electron chi connectivity index (χ0n) is 13.5. The summed E-state index contributed by atoms with van der Waals surface area (Å²) in [5.74, 6) is -1.08. The standard InChI is InChI=1S/C15H30N2O3/c1-6-15(4,5)10-16-14(20)17-12(3)9-7-8-11(2)13(18)19/h11-12H,6-10H2,1-5H3,(H,18,19)(H2,16,17,20). The highest BCUT2D eigenvalue weighted by Crippen LogP contribution is 2.17. The maximum atomic E-state index is 11.7. The number of rotatable bonds is 9. The van der Waals surface area contributed by atoms with E-state index in [-0.39, 0.29) is 23.4 Å². The molecule has 0 heterocycles. The van der Waals surface area contributed by atoms with Gasteiger partial charge in [0.25, 0.3) is 0 Å². The summed E-state index contributed by atoms with van der Waals surface area (Å²) in [5, 5.41) is 14.5. The smallest absolute Gasteiger partial charge is 0.315 e. The molecule has 2 atom stereocenters. The lowest BCUT2D eigenvalue weighted by Gasteiger charge is -2.23. The van der Waals surface area contributed by atoms with Gasteiger partial charge in [-0.1, -0.05) is 34.1 Å². The molecule has 0 saturated carbocycles. The molecule has 0 aromatic rings. The Bertz CT molecular complexity index is 316. The molecule has 0 radical (unpaired) electrons. The molecule has 0 aliphatic heterocycles. The van der Waals surface area contributed by atoms with E-state index in [1.54, 1.807) is 6.92 Å². The van der Waals surface area contributed by atoms with Crippen LogP contribution in [0, 0.1) is 11.3 Å². The maximum Gasteiger partial charge on any atom is 0.315 e. The Morgan fingerprint density at radius 3 is 2.30 bits per heavy atom. The lowest BCUT2D eigenvalue weighted by atomic mass is 9.90. The summed E-state index contributed by atoms with van der Waals surface area (Å²) in [6.45, 7) is 10.6. The molecule has 20 heavy (non-hydrogen) atoms. The van der Waals surface area contributed by atoms with Crippen molar-refractivity contribution in [3.63, 3.8) is 0 Å². The van der Waals surface area contributed by atoms with E-state index in [4.69, 9.17) is 5.11 Å². The Kier molecular flexibility index (Phi) is 8.26. The van der Waals surface area contributed by atoms with Crippen LogP contribution >= 0.6 is 0 Å². The number of hydrogen-bond acceptors (Lipinski definition) is 2. The molecule has 5 nitrogen and oxygen atoms in total. The van der Waals surface area contributed by atoms with E-state index in [0.29, 0.717) is 13.0 Å². The molecule has 0 aliphatic rings. The highest BCUT2D eigenvalue weighted by atomic mass is 16.4. The summed E-state index contributed by atoms with van der Waals surface area (Å²) in [5.41, 5.74) is 0.109. The first-order valence-corrected chi connectivity index (χ1v) is 7.45. The van der Waals surface area contributed by atoms with E-state index in [1.807, 2.05) is 6.92 Å². The number of carboxylic acid groups (broad SMARTS) is 1. The largest absolute Gasteiger partial charge is 0.481 e. The summed E-state index contributed by atoms with van der Waals surface area (Å²) in [7, 11) is 0. The lowest BCUT2D eigenvalue weighted by molar-refractivity contribution is -0.141. The average Bonchev–Trinajstić information content (AvgIpc) is 2.36. The van der Waals surface area contributed by atoms with Gasteiger partial charge in [0.05, 0.1) is 5.92 Å². The SMILES string of the molecule is CCC(C)(C)CNC(=O)NC(C)CCCC(C)C(=O)O. The minimum atomic E-state index is -0.759. The van der Waals surface area contributed by atoms with Crippen molar-refractivity contribution >= 4 is 12.0 Å². The second kappa shape index (κ2) is 8.82. The fourth-order valence-corrected chi connectivity index (χ4v) is 1.65. The number of amides is 2. The molecule has 0 rings (SSSR count). The monoisotopic (exact) mass is 286 g/mol. The zero-order valence-corrected chi connectivity index (χ0v) is 13.5. The number of carbonyl (C=O) groups excluding carboxylic acids is 1. The molecule has 2 amide bonds. The fourth-order valence-electron chi connectivity index (χ4n) is 1.65. The minimum Gasteiger partial charge on any atom is -0.481 e. The summed E-state index contributed by atoms with van der Waals surface area (Å²) in [4.78, 5) is 22.4. The number of hydrogen-bond donors (Lipinski definition) is 3. The quantitative estimate of drug-likeness (QED) is 0.609. The van der Waals surface area contributed by atoms with Gasteiger partial charge >= 0.3 is 12.0 Å². The molecule has 0 aromatic carbocycles. The molecule has 2 unspecified atom stereocenters. The van der Waals surface area contributed by atoms with Crippen molar-refractivity contribution in [3.8, 4) is 0 Å². The van der Waals surface area contributed by atoms with Crippen molar-refractivity contribution in [2.75, 3.05) is 6.54 Å². The van der Waals surface area contributed by atoms with Crippen LogP contribution in [0.4, 0.5) is 4.79 Å². The molecule has 0 saturated heterocycles. The van der Waals surface area contributed by atoms with E-state index in [9.17, 15) is 9.59 Å². The first-order chi connectivity index (χ1) is 9.18. The molecule has 118 valence electrons. The minimum absolute atomic E-state index is 0.0562. The normalized spacial score (nSPS) is 14.4. The number of carbonyl (C=O) groups is 2. The van der Waals surface area contributed by atoms with Crippen LogP contribution in [-0.4, -0.2) is 29.7 Å². The van der Waals surface area contributed by atoms with Crippen LogP contribution in [0.25, 0.3) is 0 Å². The first kappa shape index (κ1) is 18.7. The Hall–Kier alpha value is -1.26. The molecule has 0 aromatic heterocycles. The summed E-state index contributed by atoms with van der Waals surface area (Å²) < 4.78 is 0. The van der Waals surface area contributed by atoms with Crippen molar-refractivity contribution < 1.29 is 14.7 Å². The Morgan fingerprint density at radius 2 is 1.80 bits per heavy atom. The van der Waals surface area contributed by atoms with Gasteiger partial charge in [0.2, 0.25) is 0 Å². The van der Waals surface area contributed by atoms with E-state index < -0.39 is 5.97 Å². The van der Waals surface area contributed by atoms with E-state index in [2.05, 4.69) is 31.4 Å². The predicted molar refractivity (Wildman–Crippen MR) is 80.7 cm³/mol. The summed E-state index contributed by atoms with van der Waals surface area (Å²) in [6, 6.07) is -0.0916. The van der Waals surface area contributed by atoms with Gasteiger partial charge in [0, 0.05) is 12.6 Å². The molecular formula is C15H30N2O3. The highest BCUT2D eigenvalue weighted by molar-refractivity contribution is 5.74. The Morgan fingerprint density at radius 1 is 1.20 bits per heavy atom. The third kappa shape index (κ3) is 8.77. The second-order valence-electron chi connectivity index (χ2n) is 6.42. The number of urea groups is 1. The van der Waals surface area contributed by atoms with Crippen LogP contribution in [0.5, 0.6) is 0 Å². The zero-order chi connectivity index (χ0) is 15.8. The number of aliphatic carboxylic acids is 1. The molecule has 0 bridgehead atoms. The van der Waals surface area contributed by atoms with Crippen molar-refractivity contribution in [3.05, 3.63) is 0 Å². The van der Waals surface area contributed by atoms with Gasteiger partial charge in [0.1, 0.15) is 0 Å². The van der Waals surface area contributed by atoms with Gasteiger partial charge in [-0.2, -0.15) is 0 Å². The second-order valence-corrected chi connectivity index (χ2v) is 6.42. The van der Waals surface area contributed by atoms with Gasteiger partial charge in [-0.05, 0) is 31.6 Å². The van der Waals surface area contributed by atoms with E-state index in [1.165, 1.54) is 0 Å². The van der Waals surface area contributed by atoms with Gasteiger partial charge < -0.3 is 15.7 Å². The van der Waals surface area contributed by atoms with Crippen molar-refractivity contribution in [1.82, 2.24) is 10.6 Å². The maximum absolute atomic E-state index is 11.7. The number of nitrogens with one attached hydrogen (secondary N) is 2. The molecule has 0 aliphatic carbocycles. The first-order valence-electron chi connectivity index (χ1n) is 7.45. The molecule has 0 spiro atoms. The van der Waals surface area contributed by atoms with Gasteiger partial charge in [0.15, 0.2) is 0 Å². The van der Waals surface area contributed by atoms with Crippen LogP contribution in [-0.2, 0) is 4.79 Å². The Balaban J connectivity index is 3.83. The Labute approximate surface area is 122 Å². The van der Waals surface area contributed by atoms with Crippen LogP contribution < -0.4 is 10.6 Å². The molecule has 3 N–H and O–H groups in total. The van der Waals surface area contributed by atoms with Crippen LogP contribution in [0.3, 0.4) is 0 Å². The van der Waals surface area contributed by atoms with Gasteiger partial charge in [-0.3, -0.25) is 4.79 Å². The van der Waals surface area contributed by atoms with Crippen molar-refractivity contribution in [2.45, 2.75) is 66.3 Å². The topological polar surface area (TPSA) is 78.4 Å². The van der Waals surface area contributed by atoms with Gasteiger partial charge in [-0.25, -0.2) is 4.79 Å². The van der Waals surface area contributed by atoms with Crippen LogP contribution in [0.15, 0.2) is 0 Å². The molecule has 0 fully saturated rings. The number of carboxylic acids is 1. The highest BCUT2D eigenvalue weighted by Gasteiger charge is 2.17. The third-order valence-electron chi connectivity index (χ3n) is 3.76. The van der Waals surface area contributed by atoms with E-state index in [0.717, 1.165) is 19.3 Å². The van der Waals surface area contributed by atoms with Crippen molar-refractivity contribution in [2.24, 2.45) is 11.3 Å².